The van der Waals surface area contributed by atoms with Gasteiger partial charge in [0.15, 0.2) is 0 Å². The molecule has 0 spiro atoms. The highest BCUT2D eigenvalue weighted by molar-refractivity contribution is 7.90. The van der Waals surface area contributed by atoms with E-state index in [1.54, 1.807) is 6.20 Å². The molecular weight excluding hydrogens is 276 g/mol. The fraction of sp³-hybridized carbons (Fsp3) is 0.643. The highest BCUT2D eigenvalue weighted by atomic mass is 32.2. The number of nitrogens with one attached hydrogen (secondary N) is 1. The van der Waals surface area contributed by atoms with Crippen molar-refractivity contribution >= 4 is 10.0 Å². The third-order valence-corrected chi connectivity index (χ3v) is 6.10. The average Bonchev–Trinajstić information content (AvgIpc) is 2.99. The second kappa shape index (κ2) is 5.09. The smallest absolute Gasteiger partial charge is 0.216 e. The number of aryl methyl sites for hydroxylation is 1. The van der Waals surface area contributed by atoms with E-state index < -0.39 is 15.3 Å². The number of aromatic nitrogens is 1. The largest absolute Gasteiger partial charge is 0.380 e. The standard InChI is InChI=1S/C14H20N2O3S/c1-11-3-2-7-15-13(11)14(5-6-14)10-16-20(17,18)12-4-8-19-9-12/h2-3,7,12,16H,4-6,8-10H2,1H3. The zero-order valence-corrected chi connectivity index (χ0v) is 12.4. The molecule has 1 saturated heterocycles. The molecule has 20 heavy (non-hydrogen) atoms. The molecule has 0 bridgehead atoms. The molecule has 6 heteroatoms. The van der Waals surface area contributed by atoms with Crippen LogP contribution in [0.25, 0.3) is 0 Å². The number of pyridine rings is 1. The van der Waals surface area contributed by atoms with E-state index in [9.17, 15) is 8.42 Å². The lowest BCUT2D eigenvalue weighted by atomic mass is 9.98. The summed E-state index contributed by atoms with van der Waals surface area (Å²) >= 11 is 0. The van der Waals surface area contributed by atoms with Gasteiger partial charge in [0.2, 0.25) is 10.0 Å². The Balaban J connectivity index is 1.71. The van der Waals surface area contributed by atoms with E-state index in [2.05, 4.69) is 9.71 Å². The minimum absolute atomic E-state index is 0.0993. The maximum atomic E-state index is 12.2. The van der Waals surface area contributed by atoms with Crippen molar-refractivity contribution in [2.24, 2.45) is 0 Å². The lowest BCUT2D eigenvalue weighted by molar-refractivity contribution is 0.198. The second-order valence-electron chi connectivity index (χ2n) is 5.80. The minimum Gasteiger partial charge on any atom is -0.380 e. The number of rotatable bonds is 5. The molecule has 110 valence electrons. The summed E-state index contributed by atoms with van der Waals surface area (Å²) in [5.41, 5.74) is 2.07. The predicted octanol–water partition coefficient (Wildman–Crippen LogP) is 1.13. The molecule has 3 rings (SSSR count). The molecule has 1 atom stereocenters. The molecule has 1 N–H and O–H groups in total. The van der Waals surface area contributed by atoms with Crippen LogP contribution in [-0.2, 0) is 20.2 Å². The van der Waals surface area contributed by atoms with Gasteiger partial charge in [0.25, 0.3) is 0 Å². The Morgan fingerprint density at radius 3 is 2.90 bits per heavy atom. The number of hydrogen-bond acceptors (Lipinski definition) is 4. The zero-order chi connectivity index (χ0) is 14.2. The third kappa shape index (κ3) is 2.60. The second-order valence-corrected chi connectivity index (χ2v) is 7.85. The quantitative estimate of drug-likeness (QED) is 0.884. The lowest BCUT2D eigenvalue weighted by Crippen LogP contribution is -2.39. The zero-order valence-electron chi connectivity index (χ0n) is 11.6. The summed E-state index contributed by atoms with van der Waals surface area (Å²) in [5, 5.41) is -0.400. The predicted molar refractivity (Wildman–Crippen MR) is 76.0 cm³/mol. The summed E-state index contributed by atoms with van der Waals surface area (Å²) in [4.78, 5) is 4.45. The molecule has 0 aromatic carbocycles. The Morgan fingerprint density at radius 1 is 1.50 bits per heavy atom. The fourth-order valence-corrected chi connectivity index (χ4v) is 4.20. The summed E-state index contributed by atoms with van der Waals surface area (Å²) in [6, 6.07) is 3.94. The number of hydrogen-bond donors (Lipinski definition) is 1. The molecule has 2 heterocycles. The highest BCUT2D eigenvalue weighted by Crippen LogP contribution is 2.47. The lowest BCUT2D eigenvalue weighted by Gasteiger charge is -2.19. The van der Waals surface area contributed by atoms with Gasteiger partial charge < -0.3 is 4.74 Å². The molecule has 1 aromatic heterocycles. The van der Waals surface area contributed by atoms with Crippen LogP contribution in [0, 0.1) is 6.92 Å². The van der Waals surface area contributed by atoms with Crippen molar-refractivity contribution in [1.29, 1.82) is 0 Å². The van der Waals surface area contributed by atoms with Gasteiger partial charge in [0, 0.05) is 24.8 Å². The topological polar surface area (TPSA) is 68.3 Å². The molecule has 5 nitrogen and oxygen atoms in total. The Labute approximate surface area is 119 Å². The monoisotopic (exact) mass is 296 g/mol. The molecule has 1 aliphatic carbocycles. The molecule has 1 aliphatic heterocycles. The van der Waals surface area contributed by atoms with Crippen molar-refractivity contribution in [1.82, 2.24) is 9.71 Å². The number of sulfonamides is 1. The first-order valence-corrected chi connectivity index (χ1v) is 8.56. The molecule has 1 saturated carbocycles. The van der Waals surface area contributed by atoms with Crippen molar-refractivity contribution in [2.75, 3.05) is 19.8 Å². The highest BCUT2D eigenvalue weighted by Gasteiger charge is 2.47. The van der Waals surface area contributed by atoms with Crippen LogP contribution < -0.4 is 4.72 Å². The van der Waals surface area contributed by atoms with Gasteiger partial charge >= 0.3 is 0 Å². The van der Waals surface area contributed by atoms with E-state index in [1.807, 2.05) is 19.1 Å². The van der Waals surface area contributed by atoms with Gasteiger partial charge in [0.05, 0.1) is 12.3 Å². The number of ether oxygens (including phenoxy) is 1. The van der Waals surface area contributed by atoms with E-state index in [-0.39, 0.29) is 5.41 Å². The SMILES string of the molecule is Cc1cccnc1C1(CNS(=O)(=O)C2CCOC2)CC1. The van der Waals surface area contributed by atoms with Gasteiger partial charge in [0.1, 0.15) is 5.25 Å². The van der Waals surface area contributed by atoms with E-state index in [0.29, 0.717) is 26.2 Å². The molecule has 1 unspecified atom stereocenters. The van der Waals surface area contributed by atoms with Gasteiger partial charge in [-0.25, -0.2) is 13.1 Å². The summed E-state index contributed by atoms with van der Waals surface area (Å²) in [6.45, 7) is 3.33. The first-order chi connectivity index (χ1) is 9.54. The molecule has 0 amide bonds. The molecule has 1 aromatic rings. The van der Waals surface area contributed by atoms with Crippen LogP contribution >= 0.6 is 0 Å². The van der Waals surface area contributed by atoms with Crippen molar-refractivity contribution in [3.8, 4) is 0 Å². The molecular formula is C14H20N2O3S. The van der Waals surface area contributed by atoms with E-state index in [1.165, 1.54) is 0 Å². The van der Waals surface area contributed by atoms with Crippen molar-refractivity contribution in [3.63, 3.8) is 0 Å². The van der Waals surface area contributed by atoms with E-state index >= 15 is 0 Å². The maximum Gasteiger partial charge on any atom is 0.216 e. The van der Waals surface area contributed by atoms with Crippen LogP contribution in [0.15, 0.2) is 18.3 Å². The summed E-state index contributed by atoms with van der Waals surface area (Å²) in [7, 11) is -3.28. The van der Waals surface area contributed by atoms with Crippen LogP contribution in [0.3, 0.4) is 0 Å². The minimum atomic E-state index is -3.28. The molecule has 2 fully saturated rings. The Bertz CT molecular complexity index is 590. The van der Waals surface area contributed by atoms with E-state index in [4.69, 9.17) is 4.74 Å². The summed E-state index contributed by atoms with van der Waals surface area (Å²) in [6.07, 6.45) is 4.36. The summed E-state index contributed by atoms with van der Waals surface area (Å²) in [5.74, 6) is 0. The van der Waals surface area contributed by atoms with E-state index in [0.717, 1.165) is 24.1 Å². The van der Waals surface area contributed by atoms with Crippen LogP contribution in [0.1, 0.15) is 30.5 Å². The van der Waals surface area contributed by atoms with Crippen molar-refractivity contribution in [3.05, 3.63) is 29.6 Å². The van der Waals surface area contributed by atoms with Gasteiger partial charge in [-0.2, -0.15) is 0 Å². The Kier molecular flexibility index (Phi) is 3.56. The summed E-state index contributed by atoms with van der Waals surface area (Å²) < 4.78 is 32.4. The van der Waals surface area contributed by atoms with Gasteiger partial charge in [-0.05, 0) is 37.8 Å². The van der Waals surface area contributed by atoms with Crippen LogP contribution in [0.2, 0.25) is 0 Å². The van der Waals surface area contributed by atoms with Gasteiger partial charge in [-0.15, -0.1) is 0 Å². The van der Waals surface area contributed by atoms with Crippen LogP contribution in [0.4, 0.5) is 0 Å². The Hall–Kier alpha value is -0.980. The Morgan fingerprint density at radius 2 is 2.30 bits per heavy atom. The first-order valence-electron chi connectivity index (χ1n) is 7.02. The normalized spacial score (nSPS) is 24.8. The fourth-order valence-electron chi connectivity index (χ4n) is 2.80. The van der Waals surface area contributed by atoms with Crippen LogP contribution in [-0.4, -0.2) is 38.4 Å². The molecule has 2 aliphatic rings. The van der Waals surface area contributed by atoms with Crippen molar-refractivity contribution < 1.29 is 13.2 Å². The number of nitrogens with zero attached hydrogens (tertiary/aromatic N) is 1. The maximum absolute atomic E-state index is 12.2. The average molecular weight is 296 g/mol. The molecule has 0 radical (unpaired) electrons. The van der Waals surface area contributed by atoms with Gasteiger partial charge in [-0.3, -0.25) is 4.98 Å². The third-order valence-electron chi connectivity index (χ3n) is 4.30. The van der Waals surface area contributed by atoms with Crippen molar-refractivity contribution in [2.45, 2.75) is 36.9 Å². The first kappa shape index (κ1) is 14.0. The van der Waals surface area contributed by atoms with Crippen LogP contribution in [0.5, 0.6) is 0 Å². The van der Waals surface area contributed by atoms with Gasteiger partial charge in [-0.1, -0.05) is 6.07 Å².